The third kappa shape index (κ3) is 2.55. The van der Waals surface area contributed by atoms with E-state index in [9.17, 15) is 4.79 Å². The molecule has 0 aromatic carbocycles. The average Bonchev–Trinajstić information content (AvgIpc) is 2.32. The Hall–Kier alpha value is -1.22. The lowest BCUT2D eigenvalue weighted by atomic mass is 9.90. The van der Waals surface area contributed by atoms with Crippen LogP contribution in [-0.4, -0.2) is 28.3 Å². The highest BCUT2D eigenvalue weighted by atomic mass is 16.1. The zero-order valence-electron chi connectivity index (χ0n) is 10.8. The number of ketones is 1. The summed E-state index contributed by atoms with van der Waals surface area (Å²) in [4.78, 5) is 18.4. The number of carbonyl (C=O) groups is 1. The van der Waals surface area contributed by atoms with Crippen LogP contribution >= 0.6 is 0 Å². The fraction of sp³-hybridized carbons (Fsp3) is 0.571. The molecule has 2 rings (SSSR count). The number of hydrogen-bond acceptors (Lipinski definition) is 3. The predicted molar refractivity (Wildman–Crippen MR) is 67.6 cm³/mol. The summed E-state index contributed by atoms with van der Waals surface area (Å²) in [6.07, 6.45) is 2.52. The number of pyridine rings is 1. The molecule has 1 saturated heterocycles. The monoisotopic (exact) mass is 232 g/mol. The smallest absolute Gasteiger partial charge is 0.138 e. The fourth-order valence-corrected chi connectivity index (χ4v) is 2.37. The standard InChI is InChI=1S/C14H20N2O/c1-10-5-4-7-15-13(10)9-16-8-6-14(17)11(2)12(16)3/h4-5,7,11-12H,6,8-9H2,1-3H3. The molecule has 17 heavy (non-hydrogen) atoms. The summed E-state index contributed by atoms with van der Waals surface area (Å²) in [6, 6.07) is 4.37. The maximum absolute atomic E-state index is 11.6. The Morgan fingerprint density at radius 2 is 2.24 bits per heavy atom. The van der Waals surface area contributed by atoms with Gasteiger partial charge in [0.1, 0.15) is 5.78 Å². The fourth-order valence-electron chi connectivity index (χ4n) is 2.37. The van der Waals surface area contributed by atoms with Crippen molar-refractivity contribution in [3.05, 3.63) is 29.6 Å². The molecule has 92 valence electrons. The quantitative estimate of drug-likeness (QED) is 0.783. The van der Waals surface area contributed by atoms with Gasteiger partial charge in [-0.25, -0.2) is 0 Å². The van der Waals surface area contributed by atoms with Gasteiger partial charge in [0.05, 0.1) is 5.69 Å². The molecule has 0 radical (unpaired) electrons. The van der Waals surface area contributed by atoms with Crippen molar-refractivity contribution in [2.24, 2.45) is 5.92 Å². The van der Waals surface area contributed by atoms with E-state index in [2.05, 4.69) is 29.8 Å². The summed E-state index contributed by atoms with van der Waals surface area (Å²) in [6.45, 7) is 7.97. The van der Waals surface area contributed by atoms with Crippen molar-refractivity contribution in [1.82, 2.24) is 9.88 Å². The first-order valence-electron chi connectivity index (χ1n) is 6.27. The van der Waals surface area contributed by atoms with Gasteiger partial charge in [-0.3, -0.25) is 14.7 Å². The highest BCUT2D eigenvalue weighted by molar-refractivity contribution is 5.82. The topological polar surface area (TPSA) is 33.2 Å². The summed E-state index contributed by atoms with van der Waals surface area (Å²) in [5.74, 6) is 0.541. The molecule has 3 nitrogen and oxygen atoms in total. The molecular weight excluding hydrogens is 212 g/mol. The normalized spacial score (nSPS) is 26.2. The number of aromatic nitrogens is 1. The summed E-state index contributed by atoms with van der Waals surface area (Å²) in [7, 11) is 0. The van der Waals surface area contributed by atoms with Gasteiger partial charge in [0.25, 0.3) is 0 Å². The molecule has 1 aliphatic rings. The number of nitrogens with zero attached hydrogens (tertiary/aromatic N) is 2. The molecular formula is C14H20N2O. The average molecular weight is 232 g/mol. The second kappa shape index (κ2) is 4.96. The van der Waals surface area contributed by atoms with Crippen molar-refractivity contribution >= 4 is 5.78 Å². The highest BCUT2D eigenvalue weighted by Crippen LogP contribution is 2.22. The summed E-state index contributed by atoms with van der Waals surface area (Å²) < 4.78 is 0. The van der Waals surface area contributed by atoms with E-state index in [4.69, 9.17) is 0 Å². The van der Waals surface area contributed by atoms with Crippen LogP contribution in [0.3, 0.4) is 0 Å². The molecule has 0 saturated carbocycles. The molecule has 1 aromatic heterocycles. The molecule has 2 heterocycles. The van der Waals surface area contributed by atoms with E-state index in [1.807, 2.05) is 19.2 Å². The Morgan fingerprint density at radius 3 is 2.94 bits per heavy atom. The van der Waals surface area contributed by atoms with Gasteiger partial charge < -0.3 is 0 Å². The highest BCUT2D eigenvalue weighted by Gasteiger charge is 2.30. The molecule has 1 fully saturated rings. The van der Waals surface area contributed by atoms with Gasteiger partial charge >= 0.3 is 0 Å². The number of likely N-dealkylation sites (tertiary alicyclic amines) is 1. The van der Waals surface area contributed by atoms with Gasteiger partial charge in [0.15, 0.2) is 0 Å². The number of rotatable bonds is 2. The predicted octanol–water partition coefficient (Wildman–Crippen LogP) is 2.19. The third-order valence-corrected chi connectivity index (χ3v) is 3.92. The van der Waals surface area contributed by atoms with Crippen molar-refractivity contribution in [3.63, 3.8) is 0 Å². The maximum Gasteiger partial charge on any atom is 0.138 e. The van der Waals surface area contributed by atoms with Crippen molar-refractivity contribution in [3.8, 4) is 0 Å². The Labute approximate surface area is 103 Å². The van der Waals surface area contributed by atoms with E-state index in [-0.39, 0.29) is 5.92 Å². The zero-order valence-corrected chi connectivity index (χ0v) is 10.8. The van der Waals surface area contributed by atoms with E-state index in [0.717, 1.165) is 18.8 Å². The van der Waals surface area contributed by atoms with E-state index < -0.39 is 0 Å². The van der Waals surface area contributed by atoms with Crippen molar-refractivity contribution < 1.29 is 4.79 Å². The Morgan fingerprint density at radius 1 is 1.47 bits per heavy atom. The molecule has 1 aromatic rings. The minimum Gasteiger partial charge on any atom is -0.299 e. The molecule has 0 bridgehead atoms. The molecule has 1 aliphatic heterocycles. The summed E-state index contributed by atoms with van der Waals surface area (Å²) in [5, 5.41) is 0. The van der Waals surface area contributed by atoms with Gasteiger partial charge in [-0.1, -0.05) is 13.0 Å². The number of Topliss-reactive ketones (excluding diaryl/α,β-unsaturated/α-hetero) is 1. The lowest BCUT2D eigenvalue weighted by molar-refractivity contribution is -0.128. The van der Waals surface area contributed by atoms with Crippen LogP contribution in [0.1, 0.15) is 31.5 Å². The summed E-state index contributed by atoms with van der Waals surface area (Å²) >= 11 is 0. The van der Waals surface area contributed by atoms with Crippen LogP contribution in [0.5, 0.6) is 0 Å². The van der Waals surface area contributed by atoms with Crippen molar-refractivity contribution in [2.45, 2.75) is 39.8 Å². The van der Waals surface area contributed by atoms with E-state index in [1.54, 1.807) is 0 Å². The molecule has 3 heteroatoms. The van der Waals surface area contributed by atoms with Crippen LogP contribution in [0.2, 0.25) is 0 Å². The second-order valence-corrected chi connectivity index (χ2v) is 4.98. The number of carbonyl (C=O) groups excluding carboxylic acids is 1. The molecule has 0 amide bonds. The zero-order chi connectivity index (χ0) is 12.4. The van der Waals surface area contributed by atoms with Crippen LogP contribution in [0.4, 0.5) is 0 Å². The molecule has 2 unspecified atom stereocenters. The number of aryl methyl sites for hydroxylation is 1. The first-order chi connectivity index (χ1) is 8.09. The van der Waals surface area contributed by atoms with Gasteiger partial charge in [-0.05, 0) is 25.5 Å². The van der Waals surface area contributed by atoms with Crippen LogP contribution in [0, 0.1) is 12.8 Å². The largest absolute Gasteiger partial charge is 0.299 e. The van der Waals surface area contributed by atoms with Gasteiger partial charge in [-0.15, -0.1) is 0 Å². The Kier molecular flexibility index (Phi) is 3.57. The third-order valence-electron chi connectivity index (χ3n) is 3.92. The molecule has 0 N–H and O–H groups in total. The van der Waals surface area contributed by atoms with Crippen molar-refractivity contribution in [2.75, 3.05) is 6.54 Å². The first kappa shape index (κ1) is 12.2. The van der Waals surface area contributed by atoms with E-state index in [0.29, 0.717) is 18.2 Å². The van der Waals surface area contributed by atoms with Crippen LogP contribution in [-0.2, 0) is 11.3 Å². The van der Waals surface area contributed by atoms with E-state index >= 15 is 0 Å². The van der Waals surface area contributed by atoms with Crippen molar-refractivity contribution in [1.29, 1.82) is 0 Å². The minimum absolute atomic E-state index is 0.146. The molecule has 0 spiro atoms. The molecule has 2 atom stereocenters. The lowest BCUT2D eigenvalue weighted by Gasteiger charge is -2.36. The van der Waals surface area contributed by atoms with E-state index in [1.165, 1.54) is 5.56 Å². The Bertz CT molecular complexity index is 416. The molecule has 0 aliphatic carbocycles. The Balaban J connectivity index is 2.09. The van der Waals surface area contributed by atoms with Gasteiger partial charge in [0, 0.05) is 37.7 Å². The first-order valence-corrected chi connectivity index (χ1v) is 6.27. The van der Waals surface area contributed by atoms with Crippen LogP contribution in [0.15, 0.2) is 18.3 Å². The number of piperidine rings is 1. The SMILES string of the molecule is Cc1cccnc1CN1CCC(=O)C(C)C1C. The van der Waals surface area contributed by atoms with Crippen LogP contribution in [0.25, 0.3) is 0 Å². The lowest BCUT2D eigenvalue weighted by Crippen LogP contribution is -2.46. The summed E-state index contributed by atoms with van der Waals surface area (Å²) in [5.41, 5.74) is 2.35. The van der Waals surface area contributed by atoms with Crippen LogP contribution < -0.4 is 0 Å². The number of hydrogen-bond donors (Lipinski definition) is 0. The second-order valence-electron chi connectivity index (χ2n) is 4.98. The van der Waals surface area contributed by atoms with Gasteiger partial charge in [-0.2, -0.15) is 0 Å². The minimum atomic E-state index is 0.146. The maximum atomic E-state index is 11.6. The van der Waals surface area contributed by atoms with Gasteiger partial charge in [0.2, 0.25) is 0 Å².